The third-order valence-corrected chi connectivity index (χ3v) is 5.53. The molecule has 0 aliphatic carbocycles. The maximum atomic E-state index is 12.4. The van der Waals surface area contributed by atoms with Gasteiger partial charge < -0.3 is 15.0 Å². The van der Waals surface area contributed by atoms with Crippen LogP contribution in [0.4, 0.5) is 11.4 Å². The highest BCUT2D eigenvalue weighted by molar-refractivity contribution is 6.00. The molecule has 1 N–H and O–H groups in total. The number of anilines is 2. The number of nitrogens with zero attached hydrogens (tertiary/aromatic N) is 1. The maximum Gasteiger partial charge on any atom is 0.311 e. The van der Waals surface area contributed by atoms with E-state index in [-0.39, 0.29) is 25.5 Å². The van der Waals surface area contributed by atoms with Crippen molar-refractivity contribution in [2.24, 2.45) is 5.92 Å². The standard InChI is InChI=1S/C24H28N2O4/c1-4-17(3)18-7-9-20(10-8-18)25-22(27)15-30-24(29)19-13-23(28)26(14-19)21-11-5-16(2)6-12-21/h5-12,17,19H,4,13-15H2,1-3H3,(H,25,27)/t17-,19+/m0/s1. The predicted octanol–water partition coefficient (Wildman–Crippen LogP) is 4.04. The molecule has 6 nitrogen and oxygen atoms in total. The van der Waals surface area contributed by atoms with Gasteiger partial charge in [0.25, 0.3) is 5.91 Å². The summed E-state index contributed by atoms with van der Waals surface area (Å²) in [5.74, 6) is -1.16. The molecular weight excluding hydrogens is 380 g/mol. The minimum Gasteiger partial charge on any atom is -0.455 e. The van der Waals surface area contributed by atoms with Crippen LogP contribution < -0.4 is 10.2 Å². The number of hydrogen-bond donors (Lipinski definition) is 1. The molecule has 1 fully saturated rings. The zero-order valence-electron chi connectivity index (χ0n) is 17.7. The van der Waals surface area contributed by atoms with Crippen LogP contribution in [0.1, 0.15) is 43.7 Å². The van der Waals surface area contributed by atoms with Gasteiger partial charge in [0, 0.05) is 24.3 Å². The summed E-state index contributed by atoms with van der Waals surface area (Å²) in [6, 6.07) is 15.2. The molecule has 0 spiro atoms. The van der Waals surface area contributed by atoms with Crippen LogP contribution in [0.25, 0.3) is 0 Å². The van der Waals surface area contributed by atoms with Crippen molar-refractivity contribution in [2.75, 3.05) is 23.4 Å². The molecule has 158 valence electrons. The summed E-state index contributed by atoms with van der Waals surface area (Å²) < 4.78 is 5.16. The van der Waals surface area contributed by atoms with Crippen molar-refractivity contribution in [1.29, 1.82) is 0 Å². The quantitative estimate of drug-likeness (QED) is 0.702. The Morgan fingerprint density at radius 3 is 2.43 bits per heavy atom. The number of rotatable bonds is 7. The number of hydrogen-bond acceptors (Lipinski definition) is 4. The van der Waals surface area contributed by atoms with Crippen LogP contribution in [-0.4, -0.2) is 30.9 Å². The Bertz CT molecular complexity index is 906. The molecule has 6 heteroatoms. The van der Waals surface area contributed by atoms with Crippen LogP contribution in [0.2, 0.25) is 0 Å². The fourth-order valence-electron chi connectivity index (χ4n) is 3.42. The normalized spacial score (nSPS) is 17.0. The van der Waals surface area contributed by atoms with Gasteiger partial charge in [-0.05, 0) is 49.1 Å². The molecule has 2 aromatic rings. The van der Waals surface area contributed by atoms with Crippen LogP contribution in [0.15, 0.2) is 48.5 Å². The lowest BCUT2D eigenvalue weighted by atomic mass is 9.99. The second-order valence-corrected chi connectivity index (χ2v) is 7.83. The van der Waals surface area contributed by atoms with Crippen LogP contribution >= 0.6 is 0 Å². The zero-order chi connectivity index (χ0) is 21.7. The number of ether oxygens (including phenoxy) is 1. The zero-order valence-corrected chi connectivity index (χ0v) is 17.7. The van der Waals surface area contributed by atoms with Gasteiger partial charge in [-0.3, -0.25) is 14.4 Å². The second-order valence-electron chi connectivity index (χ2n) is 7.83. The Labute approximate surface area is 177 Å². The monoisotopic (exact) mass is 408 g/mol. The van der Waals surface area contributed by atoms with Gasteiger partial charge in [-0.2, -0.15) is 0 Å². The SMILES string of the molecule is CC[C@H](C)c1ccc(NC(=O)COC(=O)[C@@H]2CC(=O)N(c3ccc(C)cc3)C2)cc1. The first-order chi connectivity index (χ1) is 14.4. The highest BCUT2D eigenvalue weighted by atomic mass is 16.5. The van der Waals surface area contributed by atoms with Gasteiger partial charge in [-0.25, -0.2) is 0 Å². The van der Waals surface area contributed by atoms with E-state index in [1.807, 2.05) is 55.5 Å². The van der Waals surface area contributed by atoms with E-state index in [2.05, 4.69) is 19.2 Å². The smallest absolute Gasteiger partial charge is 0.311 e. The Balaban J connectivity index is 1.48. The topological polar surface area (TPSA) is 75.7 Å². The Morgan fingerprint density at radius 2 is 1.80 bits per heavy atom. The molecule has 30 heavy (non-hydrogen) atoms. The van der Waals surface area contributed by atoms with E-state index < -0.39 is 17.8 Å². The summed E-state index contributed by atoms with van der Waals surface area (Å²) in [6.45, 7) is 6.15. The third kappa shape index (κ3) is 5.26. The van der Waals surface area contributed by atoms with Crippen LogP contribution in [0.5, 0.6) is 0 Å². The first-order valence-corrected chi connectivity index (χ1v) is 10.3. The molecule has 0 radical (unpaired) electrons. The van der Waals surface area contributed by atoms with Crippen molar-refractivity contribution in [2.45, 2.75) is 39.5 Å². The number of nitrogens with one attached hydrogen (secondary N) is 1. The van der Waals surface area contributed by atoms with Crippen molar-refractivity contribution in [3.63, 3.8) is 0 Å². The summed E-state index contributed by atoms with van der Waals surface area (Å²) in [4.78, 5) is 38.4. The summed E-state index contributed by atoms with van der Waals surface area (Å²) in [7, 11) is 0. The largest absolute Gasteiger partial charge is 0.455 e. The summed E-state index contributed by atoms with van der Waals surface area (Å²) in [5.41, 5.74) is 3.73. The molecule has 0 bridgehead atoms. The first-order valence-electron chi connectivity index (χ1n) is 10.3. The Kier molecular flexibility index (Phi) is 6.87. The average molecular weight is 408 g/mol. The molecule has 0 aromatic heterocycles. The molecule has 0 saturated carbocycles. The Hall–Kier alpha value is -3.15. The van der Waals surface area contributed by atoms with Gasteiger partial charge in [-0.1, -0.05) is 43.7 Å². The van der Waals surface area contributed by atoms with E-state index in [0.717, 1.165) is 17.7 Å². The van der Waals surface area contributed by atoms with Crippen molar-refractivity contribution in [3.05, 3.63) is 59.7 Å². The summed E-state index contributed by atoms with van der Waals surface area (Å²) in [6.07, 6.45) is 1.14. The summed E-state index contributed by atoms with van der Waals surface area (Å²) >= 11 is 0. The highest BCUT2D eigenvalue weighted by Crippen LogP contribution is 2.26. The number of carbonyl (C=O) groups is 3. The van der Waals surface area contributed by atoms with Gasteiger partial charge in [0.1, 0.15) is 0 Å². The number of esters is 1. The minimum atomic E-state index is -0.568. The molecule has 2 aromatic carbocycles. The van der Waals surface area contributed by atoms with Gasteiger partial charge in [0.2, 0.25) is 5.91 Å². The van der Waals surface area contributed by atoms with E-state index >= 15 is 0 Å². The molecule has 0 unspecified atom stereocenters. The van der Waals surface area contributed by atoms with Crippen molar-refractivity contribution >= 4 is 29.2 Å². The van der Waals surface area contributed by atoms with Crippen LogP contribution in [-0.2, 0) is 19.1 Å². The highest BCUT2D eigenvalue weighted by Gasteiger charge is 2.36. The minimum absolute atomic E-state index is 0.0887. The van der Waals surface area contributed by atoms with Gasteiger partial charge in [0.15, 0.2) is 6.61 Å². The van der Waals surface area contributed by atoms with E-state index in [0.29, 0.717) is 11.6 Å². The van der Waals surface area contributed by atoms with Crippen molar-refractivity contribution < 1.29 is 19.1 Å². The molecule has 1 aliphatic heterocycles. The molecule has 1 aliphatic rings. The van der Waals surface area contributed by atoms with Crippen molar-refractivity contribution in [3.8, 4) is 0 Å². The van der Waals surface area contributed by atoms with Gasteiger partial charge in [0.05, 0.1) is 5.92 Å². The number of carbonyl (C=O) groups excluding carboxylic acids is 3. The van der Waals surface area contributed by atoms with Gasteiger partial charge >= 0.3 is 5.97 Å². The number of amides is 2. The molecule has 2 amide bonds. The lowest BCUT2D eigenvalue weighted by molar-refractivity contribution is -0.151. The molecule has 3 rings (SSSR count). The molecule has 1 heterocycles. The lowest BCUT2D eigenvalue weighted by Crippen LogP contribution is -2.28. The van der Waals surface area contributed by atoms with E-state index in [1.54, 1.807) is 4.90 Å². The number of benzene rings is 2. The molecule has 2 atom stereocenters. The average Bonchev–Trinajstić information content (AvgIpc) is 3.14. The molecule has 1 saturated heterocycles. The Morgan fingerprint density at radius 1 is 1.13 bits per heavy atom. The third-order valence-electron chi connectivity index (χ3n) is 5.53. The van der Waals surface area contributed by atoms with E-state index in [1.165, 1.54) is 5.56 Å². The second kappa shape index (κ2) is 9.57. The first kappa shape index (κ1) is 21.6. The lowest BCUT2D eigenvalue weighted by Gasteiger charge is -2.16. The fraction of sp³-hybridized carbons (Fsp3) is 0.375. The van der Waals surface area contributed by atoms with Gasteiger partial charge in [-0.15, -0.1) is 0 Å². The molecular formula is C24H28N2O4. The van der Waals surface area contributed by atoms with E-state index in [4.69, 9.17) is 4.74 Å². The summed E-state index contributed by atoms with van der Waals surface area (Å²) in [5, 5.41) is 2.73. The van der Waals surface area contributed by atoms with Crippen LogP contribution in [0.3, 0.4) is 0 Å². The van der Waals surface area contributed by atoms with E-state index in [9.17, 15) is 14.4 Å². The predicted molar refractivity (Wildman–Crippen MR) is 116 cm³/mol. The maximum absolute atomic E-state index is 12.4. The van der Waals surface area contributed by atoms with Crippen molar-refractivity contribution in [1.82, 2.24) is 0 Å². The fourth-order valence-corrected chi connectivity index (χ4v) is 3.42. The number of aryl methyl sites for hydroxylation is 1. The van der Waals surface area contributed by atoms with Crippen LogP contribution in [0, 0.1) is 12.8 Å².